The van der Waals surface area contributed by atoms with Gasteiger partial charge in [0.25, 0.3) is 0 Å². The van der Waals surface area contributed by atoms with E-state index in [2.05, 4.69) is 4.98 Å². The van der Waals surface area contributed by atoms with Crippen LogP contribution in [0.5, 0.6) is 0 Å². The van der Waals surface area contributed by atoms with Gasteiger partial charge in [0.15, 0.2) is 0 Å². The molecule has 3 unspecified atom stereocenters. The van der Waals surface area contributed by atoms with Crippen molar-refractivity contribution >= 4 is 19.3 Å². The lowest BCUT2D eigenvalue weighted by molar-refractivity contribution is -0.143. The Hall–Kier alpha value is -1.72. The molecule has 0 saturated heterocycles. The molecule has 0 radical (unpaired) electrons. The molecule has 0 spiro atoms. The molecule has 24 heavy (non-hydrogen) atoms. The fraction of sp³-hybridized carbons (Fsp3) is 0.562. The number of carbonyl (C=O) groups is 2. The van der Waals surface area contributed by atoms with Crippen LogP contribution in [0.3, 0.4) is 0 Å². The lowest BCUT2D eigenvalue weighted by Crippen LogP contribution is -2.29. The summed E-state index contributed by atoms with van der Waals surface area (Å²) in [4.78, 5) is 36.8. The van der Waals surface area contributed by atoms with E-state index >= 15 is 0 Å². The fourth-order valence-electron chi connectivity index (χ4n) is 2.72. The van der Waals surface area contributed by atoms with Crippen LogP contribution >= 0.6 is 7.37 Å². The molecule has 1 rings (SSSR count). The molecule has 1 heterocycles. The predicted octanol–water partition coefficient (Wildman–Crippen LogP) is 2.98. The molecule has 7 nitrogen and oxygen atoms in total. The van der Waals surface area contributed by atoms with Crippen LogP contribution in [-0.4, -0.2) is 37.7 Å². The standard InChI is InChI=1S/C16H24NO6P/c1-2-3-4-14(13(16(20)21)5-6-15(18)19)24(22,23)11-12-7-9-17-10-8-12/h7-10,13-14H,2-6,11H2,1H3,(H,18,19)(H,20,21)(H,22,23). The zero-order chi connectivity index (χ0) is 18.2. The molecule has 0 bridgehead atoms. The topological polar surface area (TPSA) is 125 Å². The van der Waals surface area contributed by atoms with Gasteiger partial charge in [0, 0.05) is 24.5 Å². The van der Waals surface area contributed by atoms with Crippen molar-refractivity contribution in [2.45, 2.75) is 50.8 Å². The smallest absolute Gasteiger partial charge is 0.307 e. The summed E-state index contributed by atoms with van der Waals surface area (Å²) in [7, 11) is -3.83. The van der Waals surface area contributed by atoms with Crippen molar-refractivity contribution in [1.82, 2.24) is 4.98 Å². The van der Waals surface area contributed by atoms with E-state index in [4.69, 9.17) is 5.11 Å². The molecule has 0 aromatic carbocycles. The van der Waals surface area contributed by atoms with Crippen molar-refractivity contribution < 1.29 is 29.3 Å². The number of aliphatic carboxylic acids is 2. The summed E-state index contributed by atoms with van der Waals surface area (Å²) in [6.45, 7) is 1.91. The van der Waals surface area contributed by atoms with Crippen LogP contribution in [0.15, 0.2) is 24.5 Å². The van der Waals surface area contributed by atoms with E-state index in [0.717, 1.165) is 6.42 Å². The minimum Gasteiger partial charge on any atom is -0.481 e. The molecule has 0 saturated carbocycles. The highest BCUT2D eigenvalue weighted by molar-refractivity contribution is 7.58. The van der Waals surface area contributed by atoms with Crippen LogP contribution in [0.1, 0.15) is 44.6 Å². The molecule has 1 aromatic heterocycles. The minimum absolute atomic E-state index is 0.138. The van der Waals surface area contributed by atoms with E-state index in [9.17, 15) is 24.2 Å². The van der Waals surface area contributed by atoms with Crippen molar-refractivity contribution in [3.8, 4) is 0 Å². The summed E-state index contributed by atoms with van der Waals surface area (Å²) in [6.07, 6.45) is 4.05. The van der Waals surface area contributed by atoms with Crippen molar-refractivity contribution in [1.29, 1.82) is 0 Å². The average molecular weight is 357 g/mol. The Morgan fingerprint density at radius 2 is 1.83 bits per heavy atom. The van der Waals surface area contributed by atoms with E-state index in [1.807, 2.05) is 6.92 Å². The number of carboxylic acids is 2. The number of rotatable bonds is 11. The fourth-order valence-corrected chi connectivity index (χ4v) is 5.12. The van der Waals surface area contributed by atoms with Crippen LogP contribution < -0.4 is 0 Å². The molecule has 0 aliphatic heterocycles. The van der Waals surface area contributed by atoms with Gasteiger partial charge in [0.1, 0.15) is 0 Å². The maximum absolute atomic E-state index is 12.9. The second-order valence-corrected chi connectivity index (χ2v) is 8.35. The van der Waals surface area contributed by atoms with E-state index in [1.54, 1.807) is 12.1 Å². The summed E-state index contributed by atoms with van der Waals surface area (Å²) in [5.74, 6) is -3.48. The van der Waals surface area contributed by atoms with Crippen LogP contribution in [-0.2, 0) is 20.3 Å². The van der Waals surface area contributed by atoms with E-state index < -0.39 is 30.9 Å². The summed E-state index contributed by atoms with van der Waals surface area (Å²) in [5, 5.41) is 18.3. The molecule has 0 fully saturated rings. The molecular formula is C16H24NO6P. The highest BCUT2D eigenvalue weighted by Crippen LogP contribution is 2.55. The van der Waals surface area contributed by atoms with E-state index in [-0.39, 0.29) is 25.4 Å². The molecule has 1 aromatic rings. The van der Waals surface area contributed by atoms with Gasteiger partial charge in [-0.1, -0.05) is 19.8 Å². The Kier molecular flexibility index (Phi) is 8.08. The second kappa shape index (κ2) is 9.55. The Labute approximate surface area is 141 Å². The Morgan fingerprint density at radius 3 is 2.33 bits per heavy atom. The van der Waals surface area contributed by atoms with Gasteiger partial charge < -0.3 is 15.1 Å². The van der Waals surface area contributed by atoms with Crippen molar-refractivity contribution in [2.24, 2.45) is 5.92 Å². The number of carboxylic acid groups (broad SMARTS) is 2. The molecule has 3 N–H and O–H groups in total. The van der Waals surface area contributed by atoms with Crippen LogP contribution in [0.25, 0.3) is 0 Å². The number of pyridine rings is 1. The first-order valence-corrected chi connectivity index (χ1v) is 9.84. The maximum atomic E-state index is 12.9. The molecular weight excluding hydrogens is 333 g/mol. The number of nitrogens with zero attached hydrogens (tertiary/aromatic N) is 1. The Bertz CT molecular complexity index is 591. The van der Waals surface area contributed by atoms with Gasteiger partial charge >= 0.3 is 11.9 Å². The number of aromatic nitrogens is 1. The molecule has 8 heteroatoms. The second-order valence-electron chi connectivity index (χ2n) is 5.86. The van der Waals surface area contributed by atoms with E-state index in [0.29, 0.717) is 12.0 Å². The van der Waals surface area contributed by atoms with Gasteiger partial charge in [-0.3, -0.25) is 19.1 Å². The van der Waals surface area contributed by atoms with Crippen molar-refractivity contribution in [3.63, 3.8) is 0 Å². The SMILES string of the molecule is CCCCC(C(CCC(=O)O)C(=O)O)P(=O)(O)Cc1ccncc1. The third-order valence-electron chi connectivity index (χ3n) is 3.98. The lowest BCUT2D eigenvalue weighted by atomic mass is 9.95. The molecule has 134 valence electrons. The normalized spacial score (nSPS) is 16.1. The van der Waals surface area contributed by atoms with Crippen molar-refractivity contribution in [2.75, 3.05) is 0 Å². The maximum Gasteiger partial charge on any atom is 0.307 e. The molecule has 0 aliphatic carbocycles. The van der Waals surface area contributed by atoms with Gasteiger partial charge in [0.2, 0.25) is 7.37 Å². The third-order valence-corrected chi connectivity index (χ3v) is 6.45. The molecule has 0 amide bonds. The van der Waals surface area contributed by atoms with Gasteiger partial charge in [0.05, 0.1) is 12.1 Å². The van der Waals surface area contributed by atoms with Gasteiger partial charge in [-0.25, -0.2) is 0 Å². The first-order chi connectivity index (χ1) is 11.3. The summed E-state index contributed by atoms with van der Waals surface area (Å²) >= 11 is 0. The van der Waals surface area contributed by atoms with Gasteiger partial charge in [-0.05, 0) is 30.5 Å². The Morgan fingerprint density at radius 1 is 1.21 bits per heavy atom. The lowest BCUT2D eigenvalue weighted by Gasteiger charge is -2.28. The summed E-state index contributed by atoms with van der Waals surface area (Å²) < 4.78 is 12.9. The highest BCUT2D eigenvalue weighted by Gasteiger charge is 2.40. The van der Waals surface area contributed by atoms with Crippen LogP contribution in [0, 0.1) is 5.92 Å². The highest BCUT2D eigenvalue weighted by atomic mass is 31.2. The molecule has 0 aliphatic rings. The monoisotopic (exact) mass is 357 g/mol. The Balaban J connectivity index is 3.04. The number of hydrogen-bond donors (Lipinski definition) is 3. The first-order valence-electron chi connectivity index (χ1n) is 7.93. The zero-order valence-electron chi connectivity index (χ0n) is 13.7. The minimum atomic E-state index is -3.83. The summed E-state index contributed by atoms with van der Waals surface area (Å²) in [6, 6.07) is 3.24. The third kappa shape index (κ3) is 6.42. The van der Waals surface area contributed by atoms with Crippen LogP contribution in [0.4, 0.5) is 0 Å². The van der Waals surface area contributed by atoms with Gasteiger partial charge in [-0.15, -0.1) is 0 Å². The zero-order valence-corrected chi connectivity index (χ0v) is 14.6. The number of hydrogen-bond acceptors (Lipinski definition) is 4. The van der Waals surface area contributed by atoms with Crippen molar-refractivity contribution in [3.05, 3.63) is 30.1 Å². The first kappa shape index (κ1) is 20.3. The molecule has 3 atom stereocenters. The quantitative estimate of drug-likeness (QED) is 0.520. The summed E-state index contributed by atoms with van der Waals surface area (Å²) in [5.41, 5.74) is -0.345. The largest absolute Gasteiger partial charge is 0.481 e. The van der Waals surface area contributed by atoms with Crippen LogP contribution in [0.2, 0.25) is 0 Å². The van der Waals surface area contributed by atoms with Gasteiger partial charge in [-0.2, -0.15) is 0 Å². The predicted molar refractivity (Wildman–Crippen MR) is 89.1 cm³/mol. The van der Waals surface area contributed by atoms with E-state index in [1.165, 1.54) is 12.4 Å². The average Bonchev–Trinajstić information content (AvgIpc) is 2.50. The number of unbranched alkanes of at least 4 members (excludes halogenated alkanes) is 1.